The highest BCUT2D eigenvalue weighted by Gasteiger charge is 2.12. The van der Waals surface area contributed by atoms with E-state index in [0.29, 0.717) is 35.1 Å². The van der Waals surface area contributed by atoms with Crippen LogP contribution in [0, 0.1) is 0 Å². The second-order valence-electron chi connectivity index (χ2n) is 7.33. The number of methoxy groups -OCH3 is 1. The number of anilines is 1. The molecule has 0 aliphatic rings. The van der Waals surface area contributed by atoms with E-state index >= 15 is 0 Å². The molecule has 7 heteroatoms. The highest BCUT2D eigenvalue weighted by Crippen LogP contribution is 2.29. The third-order valence-corrected chi connectivity index (χ3v) is 4.65. The zero-order chi connectivity index (χ0) is 22.6. The van der Waals surface area contributed by atoms with Crippen LogP contribution in [-0.2, 0) is 4.79 Å². The maximum absolute atomic E-state index is 12.6. The van der Waals surface area contributed by atoms with Gasteiger partial charge in [0.2, 0.25) is 0 Å². The van der Waals surface area contributed by atoms with Gasteiger partial charge in [0.15, 0.2) is 18.1 Å². The highest BCUT2D eigenvalue weighted by atomic mass is 16.5. The third-order valence-electron chi connectivity index (χ3n) is 4.65. The average molecular weight is 429 g/mol. The fourth-order valence-electron chi connectivity index (χ4n) is 2.75. The first-order valence-electron chi connectivity index (χ1n) is 10.5. The van der Waals surface area contributed by atoms with E-state index in [0.717, 1.165) is 12.8 Å². The Morgan fingerprint density at radius 1 is 0.935 bits per heavy atom. The number of carbonyl (C=O) groups is 2. The zero-order valence-electron chi connectivity index (χ0n) is 18.8. The van der Waals surface area contributed by atoms with Gasteiger partial charge in [0.1, 0.15) is 5.75 Å². The Kier molecular flexibility index (Phi) is 9.68. The Hall–Kier alpha value is -3.22. The maximum Gasteiger partial charge on any atom is 0.259 e. The average Bonchev–Trinajstić information content (AvgIpc) is 2.78. The number of carbonyl (C=O) groups excluding carboxylic acids is 2. The molecular weight excluding hydrogens is 396 g/mol. The van der Waals surface area contributed by atoms with E-state index in [2.05, 4.69) is 12.2 Å². The Balaban J connectivity index is 1.93. The van der Waals surface area contributed by atoms with Crippen LogP contribution in [0.25, 0.3) is 0 Å². The Morgan fingerprint density at radius 3 is 2.32 bits per heavy atom. The normalized spacial score (nSPS) is 10.3. The molecule has 0 unspecified atom stereocenters. The summed E-state index contributed by atoms with van der Waals surface area (Å²) in [5, 5.41) is 2.84. The summed E-state index contributed by atoms with van der Waals surface area (Å²) in [4.78, 5) is 25.7. The summed E-state index contributed by atoms with van der Waals surface area (Å²) in [7, 11) is 4.90. The number of hydrogen-bond acceptors (Lipinski definition) is 5. The smallest absolute Gasteiger partial charge is 0.259 e. The van der Waals surface area contributed by atoms with Crippen molar-refractivity contribution in [3.63, 3.8) is 0 Å². The van der Waals surface area contributed by atoms with Gasteiger partial charge >= 0.3 is 0 Å². The number of unbranched alkanes of at least 4 members (excludes halogenated alkanes) is 3. The zero-order valence-corrected chi connectivity index (χ0v) is 18.8. The molecule has 2 aromatic carbocycles. The van der Waals surface area contributed by atoms with Gasteiger partial charge in [0.05, 0.1) is 13.7 Å². The summed E-state index contributed by atoms with van der Waals surface area (Å²) in [5.74, 6) is 1.32. The molecule has 2 amide bonds. The molecule has 0 aliphatic carbocycles. The lowest BCUT2D eigenvalue weighted by Gasteiger charge is -2.13. The van der Waals surface area contributed by atoms with Crippen molar-refractivity contribution in [1.29, 1.82) is 0 Å². The van der Waals surface area contributed by atoms with Crippen LogP contribution in [0.15, 0.2) is 42.5 Å². The topological polar surface area (TPSA) is 77.1 Å². The van der Waals surface area contributed by atoms with E-state index in [9.17, 15) is 9.59 Å². The number of nitrogens with one attached hydrogen (secondary N) is 1. The quantitative estimate of drug-likeness (QED) is 0.508. The van der Waals surface area contributed by atoms with Crippen LogP contribution >= 0.6 is 0 Å². The first-order valence-corrected chi connectivity index (χ1v) is 10.5. The fraction of sp³-hybridized carbons (Fsp3) is 0.417. The van der Waals surface area contributed by atoms with Gasteiger partial charge in [-0.15, -0.1) is 0 Å². The van der Waals surface area contributed by atoms with Crippen molar-refractivity contribution in [2.75, 3.05) is 39.7 Å². The van der Waals surface area contributed by atoms with Crippen molar-refractivity contribution in [3.05, 3.63) is 48.0 Å². The summed E-state index contributed by atoms with van der Waals surface area (Å²) in [5.41, 5.74) is 1.08. The van der Waals surface area contributed by atoms with Crippen molar-refractivity contribution in [1.82, 2.24) is 4.90 Å². The van der Waals surface area contributed by atoms with Gasteiger partial charge in [-0.25, -0.2) is 0 Å². The number of rotatable bonds is 12. The Bertz CT molecular complexity index is 850. The van der Waals surface area contributed by atoms with Gasteiger partial charge in [-0.2, -0.15) is 0 Å². The van der Waals surface area contributed by atoms with Gasteiger partial charge in [-0.3, -0.25) is 9.59 Å². The largest absolute Gasteiger partial charge is 0.493 e. The van der Waals surface area contributed by atoms with Gasteiger partial charge in [-0.1, -0.05) is 26.2 Å². The predicted molar refractivity (Wildman–Crippen MR) is 121 cm³/mol. The minimum absolute atomic E-state index is 0.0362. The van der Waals surface area contributed by atoms with Crippen molar-refractivity contribution in [2.24, 2.45) is 0 Å². The molecule has 2 aromatic rings. The minimum Gasteiger partial charge on any atom is -0.493 e. The van der Waals surface area contributed by atoms with E-state index < -0.39 is 0 Å². The molecule has 0 saturated heterocycles. The maximum atomic E-state index is 12.6. The summed E-state index contributed by atoms with van der Waals surface area (Å²) < 4.78 is 16.6. The molecule has 7 nitrogen and oxygen atoms in total. The standard InChI is InChI=1S/C24H32N2O5/c1-5-6-7-8-15-30-21-14-9-18(16-22(21)29-4)24(28)25-19-10-12-20(13-11-19)31-17-23(27)26(2)3/h9-14,16H,5-8,15,17H2,1-4H3,(H,25,28). The molecule has 0 bridgehead atoms. The van der Waals surface area contributed by atoms with E-state index in [4.69, 9.17) is 14.2 Å². The van der Waals surface area contributed by atoms with Crippen LogP contribution in [0.5, 0.6) is 17.2 Å². The monoisotopic (exact) mass is 428 g/mol. The lowest BCUT2D eigenvalue weighted by Crippen LogP contribution is -2.27. The van der Waals surface area contributed by atoms with E-state index in [1.165, 1.54) is 17.7 Å². The van der Waals surface area contributed by atoms with Gasteiger partial charge < -0.3 is 24.4 Å². The summed E-state index contributed by atoms with van der Waals surface area (Å²) in [6.07, 6.45) is 4.50. The van der Waals surface area contributed by atoms with Crippen LogP contribution < -0.4 is 19.5 Å². The lowest BCUT2D eigenvalue weighted by molar-refractivity contribution is -0.130. The van der Waals surface area contributed by atoms with E-state index in [1.54, 1.807) is 63.7 Å². The van der Waals surface area contributed by atoms with Crippen molar-refractivity contribution >= 4 is 17.5 Å². The minimum atomic E-state index is -0.260. The number of amides is 2. The summed E-state index contributed by atoms with van der Waals surface area (Å²) >= 11 is 0. The summed E-state index contributed by atoms with van der Waals surface area (Å²) in [6.45, 7) is 2.76. The molecule has 0 aromatic heterocycles. The predicted octanol–water partition coefficient (Wildman–Crippen LogP) is 4.37. The molecule has 0 fully saturated rings. The van der Waals surface area contributed by atoms with Crippen molar-refractivity contribution in [3.8, 4) is 17.2 Å². The van der Waals surface area contributed by atoms with Crippen LogP contribution in [-0.4, -0.2) is 51.1 Å². The molecule has 1 N–H and O–H groups in total. The van der Waals surface area contributed by atoms with E-state index in [-0.39, 0.29) is 18.4 Å². The molecule has 0 spiro atoms. The summed E-state index contributed by atoms with van der Waals surface area (Å²) in [6, 6.07) is 12.0. The van der Waals surface area contributed by atoms with Gasteiger partial charge in [0.25, 0.3) is 11.8 Å². The highest BCUT2D eigenvalue weighted by molar-refractivity contribution is 6.04. The second-order valence-corrected chi connectivity index (χ2v) is 7.33. The number of benzene rings is 2. The molecule has 31 heavy (non-hydrogen) atoms. The number of likely N-dealkylation sites (N-methyl/N-ethyl adjacent to an activating group) is 1. The number of ether oxygens (including phenoxy) is 3. The molecule has 0 saturated carbocycles. The molecule has 0 radical (unpaired) electrons. The Labute approximate surface area is 184 Å². The van der Waals surface area contributed by atoms with Crippen LogP contribution in [0.4, 0.5) is 5.69 Å². The first kappa shape index (κ1) is 24.1. The van der Waals surface area contributed by atoms with Crippen LogP contribution in [0.3, 0.4) is 0 Å². The Morgan fingerprint density at radius 2 is 1.68 bits per heavy atom. The lowest BCUT2D eigenvalue weighted by atomic mass is 10.1. The number of nitrogens with zero attached hydrogens (tertiary/aromatic N) is 1. The van der Waals surface area contributed by atoms with Gasteiger partial charge in [-0.05, 0) is 48.9 Å². The second kappa shape index (κ2) is 12.5. The molecule has 0 atom stereocenters. The fourth-order valence-corrected chi connectivity index (χ4v) is 2.75. The molecule has 0 aliphatic heterocycles. The molecule has 168 valence electrons. The molecule has 2 rings (SSSR count). The first-order chi connectivity index (χ1) is 14.9. The SMILES string of the molecule is CCCCCCOc1ccc(C(=O)Nc2ccc(OCC(=O)N(C)C)cc2)cc1OC. The number of hydrogen-bond donors (Lipinski definition) is 1. The van der Waals surface area contributed by atoms with E-state index in [1.807, 2.05) is 0 Å². The third kappa shape index (κ3) is 7.85. The van der Waals surface area contributed by atoms with Crippen LogP contribution in [0.2, 0.25) is 0 Å². The molecule has 0 heterocycles. The van der Waals surface area contributed by atoms with Crippen LogP contribution in [0.1, 0.15) is 43.0 Å². The molecular formula is C24H32N2O5. The van der Waals surface area contributed by atoms with Crippen molar-refractivity contribution < 1.29 is 23.8 Å². The van der Waals surface area contributed by atoms with Crippen molar-refractivity contribution in [2.45, 2.75) is 32.6 Å². The van der Waals surface area contributed by atoms with Gasteiger partial charge in [0, 0.05) is 25.3 Å².